The lowest BCUT2D eigenvalue weighted by Gasteiger charge is -2.17. The molecular formula is C13H18BrN3OS. The smallest absolute Gasteiger partial charge is 0.254 e. The molecule has 0 radical (unpaired) electrons. The molecule has 1 saturated heterocycles. The van der Waals surface area contributed by atoms with E-state index in [-0.39, 0.29) is 5.91 Å². The molecule has 104 valence electrons. The minimum atomic E-state index is -0.0335. The van der Waals surface area contributed by atoms with Gasteiger partial charge in [-0.1, -0.05) is 12.8 Å². The number of hydrogen-bond donors (Lipinski definition) is 1. The van der Waals surface area contributed by atoms with E-state index in [4.69, 9.17) is 0 Å². The van der Waals surface area contributed by atoms with Crippen molar-refractivity contribution in [2.75, 3.05) is 19.6 Å². The highest BCUT2D eigenvalue weighted by Gasteiger charge is 2.12. The number of halogens is 1. The summed E-state index contributed by atoms with van der Waals surface area (Å²) in [5.41, 5.74) is 2.59. The van der Waals surface area contributed by atoms with Gasteiger partial charge >= 0.3 is 0 Å². The van der Waals surface area contributed by atoms with Gasteiger partial charge in [0.1, 0.15) is 0 Å². The molecule has 19 heavy (non-hydrogen) atoms. The van der Waals surface area contributed by atoms with Gasteiger partial charge in [0.25, 0.3) is 5.91 Å². The first-order valence-corrected chi connectivity index (χ1v) is 8.19. The maximum atomic E-state index is 11.7. The van der Waals surface area contributed by atoms with Crippen molar-refractivity contribution in [1.82, 2.24) is 10.3 Å². The van der Waals surface area contributed by atoms with Crippen LogP contribution in [0, 0.1) is 0 Å². The van der Waals surface area contributed by atoms with E-state index in [1.165, 1.54) is 25.7 Å². The largest absolute Gasteiger partial charge is 0.294 e. The molecule has 0 saturated carbocycles. The van der Waals surface area contributed by atoms with Gasteiger partial charge in [0.05, 0.1) is 12.8 Å². The first kappa shape index (κ1) is 14.7. The minimum absolute atomic E-state index is 0.0335. The maximum absolute atomic E-state index is 11.7. The monoisotopic (exact) mass is 343 g/mol. The topological polar surface area (TPSA) is 44.7 Å². The average Bonchev–Trinajstić information content (AvgIpc) is 2.63. The highest BCUT2D eigenvalue weighted by atomic mass is 79.9. The number of carbonyl (C=O) groups excluding carboxylic acids is 1. The van der Waals surface area contributed by atoms with E-state index in [2.05, 4.69) is 31.4 Å². The SMILES string of the molecule is O=C(CN1CCCCCC1)N/N=C\c1cc(Br)cs1. The Morgan fingerprint density at radius 3 is 2.79 bits per heavy atom. The summed E-state index contributed by atoms with van der Waals surface area (Å²) >= 11 is 4.96. The predicted octanol–water partition coefficient (Wildman–Crippen LogP) is 2.84. The molecule has 0 unspecified atom stereocenters. The van der Waals surface area contributed by atoms with Crippen molar-refractivity contribution < 1.29 is 4.79 Å². The lowest BCUT2D eigenvalue weighted by molar-refractivity contribution is -0.122. The van der Waals surface area contributed by atoms with Crippen LogP contribution in [-0.4, -0.2) is 36.7 Å². The van der Waals surface area contributed by atoms with Gasteiger partial charge in [-0.15, -0.1) is 11.3 Å². The van der Waals surface area contributed by atoms with Crippen molar-refractivity contribution in [3.63, 3.8) is 0 Å². The first-order chi connectivity index (χ1) is 9.24. The number of nitrogens with one attached hydrogen (secondary N) is 1. The number of hydrogen-bond acceptors (Lipinski definition) is 4. The van der Waals surface area contributed by atoms with Crippen LogP contribution in [-0.2, 0) is 4.79 Å². The summed E-state index contributed by atoms with van der Waals surface area (Å²) < 4.78 is 1.04. The number of amides is 1. The average molecular weight is 344 g/mol. The summed E-state index contributed by atoms with van der Waals surface area (Å²) in [6, 6.07) is 1.97. The molecule has 6 heteroatoms. The molecule has 2 heterocycles. The third-order valence-electron chi connectivity index (χ3n) is 3.03. The predicted molar refractivity (Wildman–Crippen MR) is 82.7 cm³/mol. The summed E-state index contributed by atoms with van der Waals surface area (Å²) in [6.45, 7) is 2.50. The van der Waals surface area contributed by atoms with Crippen LogP contribution in [0.15, 0.2) is 21.0 Å². The van der Waals surface area contributed by atoms with Gasteiger partial charge < -0.3 is 0 Å². The van der Waals surface area contributed by atoms with Crippen molar-refractivity contribution in [3.05, 3.63) is 20.8 Å². The van der Waals surface area contributed by atoms with Gasteiger partial charge in [-0.3, -0.25) is 9.69 Å². The van der Waals surface area contributed by atoms with Gasteiger partial charge in [-0.05, 0) is 47.9 Å². The molecule has 0 atom stereocenters. The number of likely N-dealkylation sites (tertiary alicyclic amines) is 1. The quantitative estimate of drug-likeness (QED) is 0.674. The molecule has 0 bridgehead atoms. The number of thiophene rings is 1. The highest BCUT2D eigenvalue weighted by Crippen LogP contribution is 2.17. The van der Waals surface area contributed by atoms with Gasteiger partial charge in [0, 0.05) is 14.7 Å². The fourth-order valence-electron chi connectivity index (χ4n) is 2.10. The third-order valence-corrected chi connectivity index (χ3v) is 4.66. The Balaban J connectivity index is 1.73. The van der Waals surface area contributed by atoms with Crippen LogP contribution in [0.3, 0.4) is 0 Å². The van der Waals surface area contributed by atoms with Gasteiger partial charge in [-0.25, -0.2) is 5.43 Å². The summed E-state index contributed by atoms with van der Waals surface area (Å²) in [5.74, 6) is -0.0335. The van der Waals surface area contributed by atoms with E-state index in [1.54, 1.807) is 17.6 Å². The second-order valence-corrected chi connectivity index (χ2v) is 6.51. The fourth-order valence-corrected chi connectivity index (χ4v) is 3.40. The van der Waals surface area contributed by atoms with E-state index in [1.807, 2.05) is 11.4 Å². The number of hydrazone groups is 1. The van der Waals surface area contributed by atoms with Gasteiger partial charge in [0.2, 0.25) is 0 Å². The molecule has 1 N–H and O–H groups in total. The minimum Gasteiger partial charge on any atom is -0.294 e. The number of nitrogens with zero attached hydrogens (tertiary/aromatic N) is 2. The molecule has 1 aromatic heterocycles. The Kier molecular flexibility index (Phi) is 6.00. The second kappa shape index (κ2) is 7.77. The molecule has 4 nitrogen and oxygen atoms in total. The van der Waals surface area contributed by atoms with Crippen LogP contribution in [0.2, 0.25) is 0 Å². The zero-order chi connectivity index (χ0) is 13.5. The Labute approximate surface area is 126 Å². The summed E-state index contributed by atoms with van der Waals surface area (Å²) in [4.78, 5) is 15.0. The molecular weight excluding hydrogens is 326 g/mol. The standard InChI is InChI=1S/C13H18BrN3OS/c14-11-7-12(19-10-11)8-15-16-13(18)9-17-5-3-1-2-4-6-17/h7-8,10H,1-6,9H2,(H,16,18)/b15-8-. The van der Waals surface area contributed by atoms with Gasteiger partial charge in [0.15, 0.2) is 0 Å². The number of carbonyl (C=O) groups is 1. The van der Waals surface area contributed by atoms with Crippen LogP contribution < -0.4 is 5.43 Å². The van der Waals surface area contributed by atoms with E-state index >= 15 is 0 Å². The first-order valence-electron chi connectivity index (χ1n) is 6.52. The Hall–Kier alpha value is -0.720. The van der Waals surface area contributed by atoms with Crippen molar-refractivity contribution in [2.45, 2.75) is 25.7 Å². The third kappa shape index (κ3) is 5.42. The number of rotatable bonds is 4. The zero-order valence-electron chi connectivity index (χ0n) is 10.8. The molecule has 2 rings (SSSR count). The normalized spacial score (nSPS) is 17.5. The van der Waals surface area contributed by atoms with E-state index < -0.39 is 0 Å². The maximum Gasteiger partial charge on any atom is 0.254 e. The summed E-state index contributed by atoms with van der Waals surface area (Å²) in [6.07, 6.45) is 6.63. The van der Waals surface area contributed by atoms with Crippen molar-refractivity contribution in [2.24, 2.45) is 5.10 Å². The van der Waals surface area contributed by atoms with E-state index in [9.17, 15) is 4.79 Å². The molecule has 0 aliphatic carbocycles. The van der Waals surface area contributed by atoms with Crippen LogP contribution in [0.4, 0.5) is 0 Å². The summed E-state index contributed by atoms with van der Waals surface area (Å²) in [7, 11) is 0. The van der Waals surface area contributed by atoms with E-state index in [0.717, 1.165) is 22.4 Å². The van der Waals surface area contributed by atoms with Crippen molar-refractivity contribution in [1.29, 1.82) is 0 Å². The second-order valence-electron chi connectivity index (χ2n) is 4.65. The van der Waals surface area contributed by atoms with Crippen LogP contribution in [0.5, 0.6) is 0 Å². The Morgan fingerprint density at radius 2 is 2.16 bits per heavy atom. The zero-order valence-corrected chi connectivity index (χ0v) is 13.2. The van der Waals surface area contributed by atoms with Crippen LogP contribution >= 0.6 is 27.3 Å². The van der Waals surface area contributed by atoms with Crippen molar-refractivity contribution >= 4 is 39.4 Å². The van der Waals surface area contributed by atoms with Gasteiger partial charge in [-0.2, -0.15) is 5.10 Å². The summed E-state index contributed by atoms with van der Waals surface area (Å²) in [5, 5.41) is 5.97. The lowest BCUT2D eigenvalue weighted by Crippen LogP contribution is -2.35. The van der Waals surface area contributed by atoms with Crippen molar-refractivity contribution in [3.8, 4) is 0 Å². The Morgan fingerprint density at radius 1 is 1.42 bits per heavy atom. The van der Waals surface area contributed by atoms with Crippen LogP contribution in [0.1, 0.15) is 30.6 Å². The fraction of sp³-hybridized carbons (Fsp3) is 0.538. The molecule has 1 aliphatic heterocycles. The Bertz CT molecular complexity index is 439. The highest BCUT2D eigenvalue weighted by molar-refractivity contribution is 9.10. The van der Waals surface area contributed by atoms with E-state index in [0.29, 0.717) is 6.54 Å². The molecule has 1 amide bonds. The molecule has 0 aromatic carbocycles. The molecule has 1 aromatic rings. The lowest BCUT2D eigenvalue weighted by atomic mass is 10.2. The molecule has 0 spiro atoms. The van der Waals surface area contributed by atoms with Crippen LogP contribution in [0.25, 0.3) is 0 Å². The molecule has 1 aliphatic rings. The molecule has 1 fully saturated rings.